The maximum Gasteiger partial charge on any atom is 0.246 e. The minimum absolute atomic E-state index is 0.0311. The van der Waals surface area contributed by atoms with Crippen molar-refractivity contribution in [3.8, 4) is 0 Å². The summed E-state index contributed by atoms with van der Waals surface area (Å²) in [5.41, 5.74) is 0.563. The predicted molar refractivity (Wildman–Crippen MR) is 101 cm³/mol. The lowest BCUT2D eigenvalue weighted by Crippen LogP contribution is -2.69. The van der Waals surface area contributed by atoms with Gasteiger partial charge in [0.1, 0.15) is 11.3 Å². The number of hydrogen-bond acceptors (Lipinski definition) is 4. The second-order valence-corrected chi connectivity index (χ2v) is 7.35. The molecule has 2 aliphatic heterocycles. The first-order valence-electron chi connectivity index (χ1n) is 9.55. The van der Waals surface area contributed by atoms with Crippen LogP contribution in [0.15, 0.2) is 53.1 Å². The fourth-order valence-corrected chi connectivity index (χ4v) is 4.15. The molecular formula is C21H25N3O3. The number of amides is 2. The zero-order chi connectivity index (χ0) is 18.7. The number of hydrogen-bond donors (Lipinski definition) is 1. The van der Waals surface area contributed by atoms with E-state index in [1.54, 1.807) is 11.2 Å². The average molecular weight is 367 g/mol. The van der Waals surface area contributed by atoms with Crippen molar-refractivity contribution in [2.45, 2.75) is 31.3 Å². The third-order valence-electron chi connectivity index (χ3n) is 5.78. The van der Waals surface area contributed by atoms with Gasteiger partial charge in [0, 0.05) is 19.6 Å². The van der Waals surface area contributed by atoms with Crippen molar-refractivity contribution in [2.24, 2.45) is 0 Å². The molecule has 2 aromatic rings. The summed E-state index contributed by atoms with van der Waals surface area (Å²) in [6.07, 6.45) is 3.90. The number of benzene rings is 1. The number of piperazine rings is 1. The summed E-state index contributed by atoms with van der Waals surface area (Å²) in [6.45, 7) is 3.00. The third kappa shape index (κ3) is 3.62. The van der Waals surface area contributed by atoms with E-state index in [4.69, 9.17) is 4.42 Å². The standard InChI is InChI=1S/C21H25N3O3/c25-19-15-22-20(26)21(24(19)16-18-7-4-14-27-18)9-12-23(13-10-21)11-8-17-5-2-1-3-6-17/h1-7,14H,8-13,15-16H2,(H,22,26). The Kier molecular flexibility index (Phi) is 4.99. The zero-order valence-corrected chi connectivity index (χ0v) is 15.4. The van der Waals surface area contributed by atoms with E-state index >= 15 is 0 Å². The summed E-state index contributed by atoms with van der Waals surface area (Å²) in [5, 5.41) is 2.80. The number of nitrogens with zero attached hydrogens (tertiary/aromatic N) is 2. The highest BCUT2D eigenvalue weighted by molar-refractivity contribution is 5.98. The van der Waals surface area contributed by atoms with Crippen molar-refractivity contribution in [2.75, 3.05) is 26.2 Å². The summed E-state index contributed by atoms with van der Waals surface area (Å²) in [6, 6.07) is 14.1. The molecule has 0 aliphatic carbocycles. The normalized spacial score (nSPS) is 20.1. The first-order chi connectivity index (χ1) is 13.2. The Hall–Kier alpha value is -2.60. The fraction of sp³-hybridized carbons (Fsp3) is 0.429. The Labute approximate surface area is 159 Å². The maximum absolute atomic E-state index is 12.8. The van der Waals surface area contributed by atoms with Crippen molar-refractivity contribution < 1.29 is 14.0 Å². The molecule has 0 atom stereocenters. The van der Waals surface area contributed by atoms with E-state index in [0.29, 0.717) is 25.1 Å². The summed E-state index contributed by atoms with van der Waals surface area (Å²) in [7, 11) is 0. The highest BCUT2D eigenvalue weighted by Gasteiger charge is 2.50. The van der Waals surface area contributed by atoms with Gasteiger partial charge >= 0.3 is 0 Å². The van der Waals surface area contributed by atoms with Crippen LogP contribution < -0.4 is 5.32 Å². The number of furan rings is 1. The molecule has 0 unspecified atom stereocenters. The minimum atomic E-state index is -0.759. The molecule has 142 valence electrons. The maximum atomic E-state index is 12.8. The van der Waals surface area contributed by atoms with E-state index in [9.17, 15) is 9.59 Å². The Morgan fingerprint density at radius 1 is 1.04 bits per heavy atom. The van der Waals surface area contributed by atoms with E-state index in [2.05, 4.69) is 34.5 Å². The van der Waals surface area contributed by atoms with Crippen molar-refractivity contribution in [3.05, 3.63) is 60.1 Å². The number of carbonyl (C=O) groups is 2. The molecule has 0 saturated carbocycles. The van der Waals surface area contributed by atoms with Crippen molar-refractivity contribution in [1.29, 1.82) is 0 Å². The molecule has 6 nitrogen and oxygen atoms in total. The molecule has 4 rings (SSSR count). The lowest BCUT2D eigenvalue weighted by molar-refractivity contribution is -0.158. The van der Waals surface area contributed by atoms with Crippen molar-refractivity contribution in [1.82, 2.24) is 15.1 Å². The number of nitrogens with one attached hydrogen (secondary N) is 1. The minimum Gasteiger partial charge on any atom is -0.467 e. The van der Waals surface area contributed by atoms with Gasteiger partial charge in [-0.1, -0.05) is 30.3 Å². The Bertz CT molecular complexity index is 780. The predicted octanol–water partition coefficient (Wildman–Crippen LogP) is 1.82. The summed E-state index contributed by atoms with van der Waals surface area (Å²) < 4.78 is 5.43. The lowest BCUT2D eigenvalue weighted by atomic mass is 9.82. The van der Waals surface area contributed by atoms with E-state index in [1.165, 1.54) is 5.56 Å². The van der Waals surface area contributed by atoms with Crippen LogP contribution in [0.3, 0.4) is 0 Å². The first kappa shape index (κ1) is 17.8. The van der Waals surface area contributed by atoms with Crippen LogP contribution in [0.25, 0.3) is 0 Å². The van der Waals surface area contributed by atoms with Gasteiger partial charge in [0.25, 0.3) is 0 Å². The number of rotatable bonds is 5. The van der Waals surface area contributed by atoms with Gasteiger partial charge in [0.15, 0.2) is 0 Å². The fourth-order valence-electron chi connectivity index (χ4n) is 4.15. The van der Waals surface area contributed by atoms with Gasteiger partial charge in [0.05, 0.1) is 19.4 Å². The van der Waals surface area contributed by atoms with Gasteiger partial charge in [0.2, 0.25) is 11.8 Å². The average Bonchev–Trinajstić information content (AvgIpc) is 3.22. The number of piperidine rings is 1. The molecule has 6 heteroatoms. The van der Waals surface area contributed by atoms with Crippen LogP contribution in [0, 0.1) is 0 Å². The van der Waals surface area contributed by atoms with Gasteiger partial charge in [-0.3, -0.25) is 9.59 Å². The van der Waals surface area contributed by atoms with Crippen LogP contribution in [-0.4, -0.2) is 53.3 Å². The molecule has 2 aliphatic rings. The van der Waals surface area contributed by atoms with Gasteiger partial charge in [-0.05, 0) is 37.0 Å². The summed E-state index contributed by atoms with van der Waals surface area (Å²) in [4.78, 5) is 29.5. The molecule has 2 fully saturated rings. The van der Waals surface area contributed by atoms with Gasteiger partial charge in [-0.25, -0.2) is 0 Å². The summed E-state index contributed by atoms with van der Waals surface area (Å²) >= 11 is 0. The topological polar surface area (TPSA) is 65.8 Å². The molecule has 1 N–H and O–H groups in total. The van der Waals surface area contributed by atoms with Crippen LogP contribution in [0.1, 0.15) is 24.2 Å². The Morgan fingerprint density at radius 3 is 2.52 bits per heavy atom. The van der Waals surface area contributed by atoms with Crippen molar-refractivity contribution in [3.63, 3.8) is 0 Å². The lowest BCUT2D eigenvalue weighted by Gasteiger charge is -2.49. The van der Waals surface area contributed by atoms with Gasteiger partial charge in [-0.15, -0.1) is 0 Å². The molecule has 27 heavy (non-hydrogen) atoms. The van der Waals surface area contributed by atoms with E-state index in [0.717, 1.165) is 26.1 Å². The van der Waals surface area contributed by atoms with E-state index < -0.39 is 5.54 Å². The molecule has 2 saturated heterocycles. The SMILES string of the molecule is O=C1CNC(=O)C2(CCN(CCc3ccccc3)CC2)N1Cc1ccco1. The Balaban J connectivity index is 1.43. The molecule has 1 spiro atoms. The molecule has 1 aromatic heterocycles. The molecule has 0 bridgehead atoms. The third-order valence-corrected chi connectivity index (χ3v) is 5.78. The smallest absolute Gasteiger partial charge is 0.246 e. The molecule has 3 heterocycles. The summed E-state index contributed by atoms with van der Waals surface area (Å²) in [5.74, 6) is 0.643. The largest absolute Gasteiger partial charge is 0.467 e. The van der Waals surface area contributed by atoms with Crippen LogP contribution in [-0.2, 0) is 22.6 Å². The van der Waals surface area contributed by atoms with Crippen LogP contribution >= 0.6 is 0 Å². The quantitative estimate of drug-likeness (QED) is 0.875. The molecule has 1 aromatic carbocycles. The van der Waals surface area contributed by atoms with Crippen LogP contribution in [0.5, 0.6) is 0 Å². The number of likely N-dealkylation sites (tertiary alicyclic amines) is 1. The van der Waals surface area contributed by atoms with Crippen LogP contribution in [0.4, 0.5) is 0 Å². The second-order valence-electron chi connectivity index (χ2n) is 7.35. The van der Waals surface area contributed by atoms with Crippen LogP contribution in [0.2, 0.25) is 0 Å². The second kappa shape index (κ2) is 7.56. The zero-order valence-electron chi connectivity index (χ0n) is 15.4. The van der Waals surface area contributed by atoms with Crippen molar-refractivity contribution >= 4 is 11.8 Å². The van der Waals surface area contributed by atoms with E-state index in [-0.39, 0.29) is 18.4 Å². The van der Waals surface area contributed by atoms with E-state index in [1.807, 2.05) is 18.2 Å². The van der Waals surface area contributed by atoms with Gasteiger partial charge in [-0.2, -0.15) is 0 Å². The monoisotopic (exact) mass is 367 g/mol. The molecular weight excluding hydrogens is 342 g/mol. The molecule has 0 radical (unpaired) electrons. The Morgan fingerprint density at radius 2 is 1.81 bits per heavy atom. The first-order valence-corrected chi connectivity index (χ1v) is 9.55. The molecule has 2 amide bonds. The highest BCUT2D eigenvalue weighted by atomic mass is 16.3. The highest BCUT2D eigenvalue weighted by Crippen LogP contribution is 2.33. The number of carbonyl (C=O) groups excluding carboxylic acids is 2. The van der Waals surface area contributed by atoms with Gasteiger partial charge < -0.3 is 19.5 Å².